The second kappa shape index (κ2) is 22.9. The smallest absolute Gasteiger partial charge is 0.337 e. The van der Waals surface area contributed by atoms with E-state index in [1.165, 1.54) is 78.7 Å². The maximum atomic E-state index is 12.7. The van der Waals surface area contributed by atoms with Crippen molar-refractivity contribution in [1.82, 2.24) is 0 Å². The molecule has 0 bridgehead atoms. The van der Waals surface area contributed by atoms with Crippen LogP contribution in [0.5, 0.6) is 0 Å². The molecule has 2 atom stereocenters. The van der Waals surface area contributed by atoms with Crippen LogP contribution in [0.1, 0.15) is 109 Å². The van der Waals surface area contributed by atoms with E-state index in [0.717, 1.165) is 9.80 Å². The number of amides is 2. The van der Waals surface area contributed by atoms with Gasteiger partial charge in [-0.05, 0) is 48.2 Å². The van der Waals surface area contributed by atoms with Crippen molar-refractivity contribution in [3.8, 4) is 0 Å². The highest BCUT2D eigenvalue weighted by Crippen LogP contribution is 2.29. The van der Waals surface area contributed by atoms with Gasteiger partial charge in [0.2, 0.25) is 11.8 Å². The molecule has 316 valence electrons. The Morgan fingerprint density at radius 1 is 0.466 bits per heavy atom. The minimum Gasteiger partial charge on any atom is -0.481 e. The van der Waals surface area contributed by atoms with Crippen LogP contribution in [0.4, 0.5) is 11.4 Å². The first-order chi connectivity index (χ1) is 27.1. The maximum absolute atomic E-state index is 12.7. The van der Waals surface area contributed by atoms with Gasteiger partial charge in [-0.25, -0.2) is 19.2 Å². The number of hydrogen-bond acceptors (Lipinski definition) is 14. The third kappa shape index (κ3) is 13.9. The van der Waals surface area contributed by atoms with Gasteiger partial charge in [0, 0.05) is 38.1 Å². The topological polar surface area (TPSA) is 255 Å². The number of aliphatic carboxylic acids is 2. The van der Waals surface area contributed by atoms with Gasteiger partial charge in [-0.3, -0.25) is 28.8 Å². The molecule has 0 aliphatic heterocycles. The zero-order valence-corrected chi connectivity index (χ0v) is 34.1. The van der Waals surface area contributed by atoms with Crippen LogP contribution in [0.25, 0.3) is 0 Å². The lowest BCUT2D eigenvalue weighted by atomic mass is 9.94. The summed E-state index contributed by atoms with van der Waals surface area (Å²) in [6.45, 7) is 9.33. The van der Waals surface area contributed by atoms with Crippen molar-refractivity contribution >= 4 is 70.6 Å². The van der Waals surface area contributed by atoms with Crippen LogP contribution in [0.15, 0.2) is 36.4 Å². The van der Waals surface area contributed by atoms with Crippen molar-refractivity contribution in [2.45, 2.75) is 79.3 Å². The average Bonchev–Trinajstić information content (AvgIpc) is 3.17. The summed E-state index contributed by atoms with van der Waals surface area (Å²) >= 11 is 0. The number of ether oxygens (including phenoxy) is 4. The van der Waals surface area contributed by atoms with Crippen LogP contribution in [0, 0.1) is 11.8 Å². The van der Waals surface area contributed by atoms with E-state index < -0.39 is 71.3 Å². The largest absolute Gasteiger partial charge is 0.481 e. The summed E-state index contributed by atoms with van der Waals surface area (Å²) < 4.78 is 18.8. The third-order valence-corrected chi connectivity index (χ3v) is 8.40. The summed E-state index contributed by atoms with van der Waals surface area (Å²) in [4.78, 5) is 122. The number of nitrogens with zero attached hydrogens (tertiary/aromatic N) is 2. The molecule has 18 nitrogen and oxygen atoms in total. The summed E-state index contributed by atoms with van der Waals surface area (Å²) in [7, 11) is 4.67. The van der Waals surface area contributed by atoms with Gasteiger partial charge < -0.3 is 39.0 Å². The molecule has 0 fully saturated rings. The average molecular weight is 815 g/mol. The van der Waals surface area contributed by atoms with Crippen molar-refractivity contribution in [1.29, 1.82) is 0 Å². The van der Waals surface area contributed by atoms with Gasteiger partial charge >= 0.3 is 35.8 Å². The first kappa shape index (κ1) is 49.6. The summed E-state index contributed by atoms with van der Waals surface area (Å²) in [5.74, 6) is -7.83. The number of benzene rings is 2. The van der Waals surface area contributed by atoms with Crippen LogP contribution in [-0.2, 0) is 47.7 Å². The number of carboxylic acids is 2. The van der Waals surface area contributed by atoms with Gasteiger partial charge in [0.25, 0.3) is 0 Å². The molecule has 2 aromatic carbocycles. The van der Waals surface area contributed by atoms with E-state index in [2.05, 4.69) is 0 Å². The Hall–Kier alpha value is -6.46. The lowest BCUT2D eigenvalue weighted by Crippen LogP contribution is -2.47. The number of Topliss-reactive ketones (excluding diaryl/α,β-unsaturated/α-hetero) is 2. The highest BCUT2D eigenvalue weighted by Gasteiger charge is 2.34. The van der Waals surface area contributed by atoms with Crippen LogP contribution in [0.2, 0.25) is 0 Å². The quantitative estimate of drug-likeness (QED) is 0.158. The fourth-order valence-corrected chi connectivity index (χ4v) is 5.90. The Kier molecular flexibility index (Phi) is 19.6. The van der Waals surface area contributed by atoms with Gasteiger partial charge in [-0.15, -0.1) is 0 Å². The number of ketones is 2. The second-order valence-electron chi connectivity index (χ2n) is 13.4. The highest BCUT2D eigenvalue weighted by atomic mass is 16.5. The number of anilines is 2. The minimum atomic E-state index is -1.13. The van der Waals surface area contributed by atoms with Crippen molar-refractivity contribution in [3.05, 3.63) is 58.7 Å². The zero-order chi connectivity index (χ0) is 44.6. The molecule has 0 saturated carbocycles. The summed E-state index contributed by atoms with van der Waals surface area (Å²) in [5, 5.41) is 17.7. The second-order valence-corrected chi connectivity index (χ2v) is 13.4. The lowest BCUT2D eigenvalue weighted by molar-refractivity contribution is -0.139. The Labute approximate surface area is 335 Å². The Morgan fingerprint density at radius 2 is 0.707 bits per heavy atom. The van der Waals surface area contributed by atoms with Gasteiger partial charge in [0.05, 0.1) is 75.6 Å². The SMILES string of the molecule is COC(=O)c1cc(C(=O)OC)cc(N(C(C)=O)C(C(=O)CCC(=O)O)C(C)C)c1.COC(=O)c1cc(C(=O)OC)cc(N(C(C)=O)C(C(=O)CCC(=O)O)C(C)C)c1. The maximum Gasteiger partial charge on any atom is 0.337 e. The summed E-state index contributed by atoms with van der Waals surface area (Å²) in [6, 6.07) is 5.89. The van der Waals surface area contributed by atoms with Crippen LogP contribution in [0.3, 0.4) is 0 Å². The first-order valence-corrected chi connectivity index (χ1v) is 17.8. The fourth-order valence-electron chi connectivity index (χ4n) is 5.90. The molecule has 0 heterocycles. The first-order valence-electron chi connectivity index (χ1n) is 17.8. The molecular formula is C40H50N2O16. The van der Waals surface area contributed by atoms with Crippen molar-refractivity contribution in [2.75, 3.05) is 38.2 Å². The van der Waals surface area contributed by atoms with Crippen LogP contribution in [-0.4, -0.2) is 110 Å². The van der Waals surface area contributed by atoms with Gasteiger partial charge in [0.1, 0.15) is 0 Å². The molecule has 0 aromatic heterocycles. The van der Waals surface area contributed by atoms with Crippen molar-refractivity contribution in [2.24, 2.45) is 11.8 Å². The van der Waals surface area contributed by atoms with Gasteiger partial charge in [-0.1, -0.05) is 27.7 Å². The third-order valence-electron chi connectivity index (χ3n) is 8.40. The molecule has 18 heteroatoms. The number of carbonyl (C=O) groups excluding carboxylic acids is 8. The van der Waals surface area contributed by atoms with E-state index in [0.29, 0.717) is 0 Å². The normalized spacial score (nSPS) is 11.5. The highest BCUT2D eigenvalue weighted by molar-refractivity contribution is 6.05. The molecule has 2 amide bonds. The molecule has 0 aliphatic carbocycles. The number of esters is 4. The standard InChI is InChI=1S/2C20H25NO8/c2*1-11(2)18(16(23)6-7-17(24)25)21(12(3)22)15-9-13(19(26)28-4)8-14(10-15)20(27)29-5/h2*8-11,18H,6-7H2,1-5H3,(H,24,25). The molecule has 2 N–H and O–H groups in total. The van der Waals surface area contributed by atoms with Crippen LogP contribution >= 0.6 is 0 Å². The fraction of sp³-hybridized carbons (Fsp3) is 0.450. The summed E-state index contributed by atoms with van der Waals surface area (Å²) in [5.41, 5.74) is 0.245. The van der Waals surface area contributed by atoms with E-state index in [1.54, 1.807) is 27.7 Å². The number of methoxy groups -OCH3 is 4. The Balaban J connectivity index is 0.000000580. The van der Waals surface area contributed by atoms with E-state index in [1.807, 2.05) is 0 Å². The molecular weight excluding hydrogens is 764 g/mol. The predicted octanol–water partition coefficient (Wildman–Crippen LogP) is 4.14. The molecule has 58 heavy (non-hydrogen) atoms. The number of hydrogen-bond donors (Lipinski definition) is 2. The number of carboxylic acid groups (broad SMARTS) is 2. The lowest BCUT2D eigenvalue weighted by Gasteiger charge is -2.33. The summed E-state index contributed by atoms with van der Waals surface area (Å²) in [6.07, 6.45) is -1.27. The van der Waals surface area contributed by atoms with E-state index in [9.17, 15) is 47.9 Å². The minimum absolute atomic E-state index is 0.00265. The van der Waals surface area contributed by atoms with E-state index in [-0.39, 0.29) is 71.1 Å². The molecule has 0 radical (unpaired) electrons. The van der Waals surface area contributed by atoms with Crippen molar-refractivity contribution < 1.29 is 77.1 Å². The molecule has 2 aromatic rings. The molecule has 0 aliphatic rings. The van der Waals surface area contributed by atoms with E-state index >= 15 is 0 Å². The molecule has 2 rings (SSSR count). The molecule has 0 saturated heterocycles. The van der Waals surface area contributed by atoms with Gasteiger partial charge in [0.15, 0.2) is 11.6 Å². The Morgan fingerprint density at radius 3 is 0.879 bits per heavy atom. The van der Waals surface area contributed by atoms with Gasteiger partial charge in [-0.2, -0.15) is 0 Å². The monoisotopic (exact) mass is 814 g/mol. The van der Waals surface area contributed by atoms with E-state index in [4.69, 9.17) is 29.2 Å². The zero-order valence-electron chi connectivity index (χ0n) is 34.1. The Bertz CT molecular complexity index is 1700. The number of carbonyl (C=O) groups is 10. The number of rotatable bonds is 18. The molecule has 0 spiro atoms. The van der Waals surface area contributed by atoms with Crippen LogP contribution < -0.4 is 9.80 Å². The molecule has 2 unspecified atom stereocenters. The predicted molar refractivity (Wildman–Crippen MR) is 206 cm³/mol. The van der Waals surface area contributed by atoms with Crippen molar-refractivity contribution in [3.63, 3.8) is 0 Å².